The Morgan fingerprint density at radius 2 is 1.75 bits per heavy atom. The van der Waals surface area contributed by atoms with Crippen LogP contribution in [-0.2, 0) is 23.7 Å². The largest absolute Gasteiger partial charge is 0.382 e. The lowest BCUT2D eigenvalue weighted by atomic mass is 9.98. The van der Waals surface area contributed by atoms with E-state index in [2.05, 4.69) is 0 Å². The number of aliphatic hydroxyl groups is 1. The molecule has 1 aliphatic rings. The third kappa shape index (κ3) is 2.71. The van der Waals surface area contributed by atoms with Gasteiger partial charge in [-0.1, -0.05) is 0 Å². The molecule has 0 aromatic rings. The zero-order valence-electron chi connectivity index (χ0n) is 12.9. The molecule has 1 heterocycles. The summed E-state index contributed by atoms with van der Waals surface area (Å²) >= 11 is 0. The summed E-state index contributed by atoms with van der Waals surface area (Å²) in [5.41, 5.74) is 0. The standard InChI is InChI=1S/C10H20O6/c1-12-5-6-7(13-2)8(14-3)9(15-4)10(11)16-6/h6-11H,5H2,1-4H3/t6-,7-,8+,9+,10?/m1/s1/i1D,2D,3D,4D. The van der Waals surface area contributed by atoms with Crippen molar-refractivity contribution < 1.29 is 34.3 Å². The lowest BCUT2D eigenvalue weighted by Crippen LogP contribution is -2.60. The van der Waals surface area contributed by atoms with Gasteiger partial charge in [0, 0.05) is 28.3 Å². The summed E-state index contributed by atoms with van der Waals surface area (Å²) in [7, 11) is -1.45. The lowest BCUT2D eigenvalue weighted by Gasteiger charge is -2.42. The first-order valence-electron chi connectivity index (χ1n) is 7.45. The number of rotatable bonds is 5. The van der Waals surface area contributed by atoms with Crippen LogP contribution in [0.3, 0.4) is 0 Å². The summed E-state index contributed by atoms with van der Waals surface area (Å²) in [6.07, 6.45) is -4.73. The second-order valence-corrected chi connectivity index (χ2v) is 3.33. The van der Waals surface area contributed by atoms with Gasteiger partial charge in [-0.05, 0) is 0 Å². The Morgan fingerprint density at radius 3 is 2.44 bits per heavy atom. The highest BCUT2D eigenvalue weighted by atomic mass is 16.7. The molecule has 5 atom stereocenters. The van der Waals surface area contributed by atoms with Crippen LogP contribution in [0.25, 0.3) is 0 Å². The molecule has 6 nitrogen and oxygen atoms in total. The van der Waals surface area contributed by atoms with Gasteiger partial charge in [0.15, 0.2) is 6.29 Å². The highest BCUT2D eigenvalue weighted by Gasteiger charge is 2.46. The Hall–Kier alpha value is -0.240. The van der Waals surface area contributed by atoms with E-state index in [1.807, 2.05) is 0 Å². The van der Waals surface area contributed by atoms with Gasteiger partial charge in [0.25, 0.3) is 0 Å². The minimum Gasteiger partial charge on any atom is -0.382 e. The van der Waals surface area contributed by atoms with E-state index in [0.717, 1.165) is 0 Å². The van der Waals surface area contributed by atoms with Gasteiger partial charge >= 0.3 is 0 Å². The summed E-state index contributed by atoms with van der Waals surface area (Å²) in [6, 6.07) is 0. The molecule has 1 fully saturated rings. The molecular weight excluding hydrogens is 216 g/mol. The van der Waals surface area contributed by atoms with E-state index in [0.29, 0.717) is 0 Å². The molecule has 0 aromatic carbocycles. The van der Waals surface area contributed by atoms with Crippen LogP contribution in [0.2, 0.25) is 0 Å². The zero-order chi connectivity index (χ0) is 15.0. The molecule has 6 heteroatoms. The molecule has 96 valence electrons. The maximum atomic E-state index is 9.88. The molecule has 1 saturated heterocycles. The number of ether oxygens (including phenoxy) is 5. The van der Waals surface area contributed by atoms with Crippen LogP contribution >= 0.6 is 0 Å². The average Bonchev–Trinajstić information content (AvgIpc) is 2.44. The molecule has 0 saturated carbocycles. The number of aliphatic hydroxyl groups excluding tert-OH is 1. The third-order valence-electron chi connectivity index (χ3n) is 2.47. The Kier molecular flexibility index (Phi) is 3.56. The quantitative estimate of drug-likeness (QED) is 0.692. The van der Waals surface area contributed by atoms with Crippen LogP contribution in [0.1, 0.15) is 5.48 Å². The van der Waals surface area contributed by atoms with Crippen molar-refractivity contribution in [2.24, 2.45) is 0 Å². The van der Waals surface area contributed by atoms with E-state index in [9.17, 15) is 5.11 Å². The Bertz CT molecular complexity index is 262. The lowest BCUT2D eigenvalue weighted by molar-refractivity contribution is -0.300. The van der Waals surface area contributed by atoms with Gasteiger partial charge in [-0.2, -0.15) is 0 Å². The number of hydrogen-bond donors (Lipinski definition) is 1. The minimum atomic E-state index is -1.36. The second kappa shape index (κ2) is 6.48. The van der Waals surface area contributed by atoms with Crippen molar-refractivity contribution in [2.75, 3.05) is 35.0 Å². The summed E-state index contributed by atoms with van der Waals surface area (Å²) in [5, 5.41) is 9.88. The molecule has 0 aromatic heterocycles. The molecule has 0 bridgehead atoms. The molecule has 0 radical (unpaired) electrons. The fourth-order valence-corrected chi connectivity index (χ4v) is 1.71. The van der Waals surface area contributed by atoms with E-state index >= 15 is 0 Å². The normalized spacial score (nSPS) is 43.2. The van der Waals surface area contributed by atoms with Gasteiger partial charge in [-0.15, -0.1) is 0 Å². The zero-order valence-corrected chi connectivity index (χ0v) is 8.91. The van der Waals surface area contributed by atoms with Crippen molar-refractivity contribution in [2.45, 2.75) is 30.7 Å². The maximum Gasteiger partial charge on any atom is 0.184 e. The van der Waals surface area contributed by atoms with E-state index in [-0.39, 0.29) is 27.9 Å². The average molecular weight is 240 g/mol. The van der Waals surface area contributed by atoms with Gasteiger partial charge < -0.3 is 28.8 Å². The SMILES string of the molecule is [2H]COC[C@H]1OC(O)[C@@H](OC[2H])[C@@H](OC[2H])[C@@H]1OC[2H]. The van der Waals surface area contributed by atoms with E-state index in [1.165, 1.54) is 0 Å². The minimum absolute atomic E-state index is 0.0172. The van der Waals surface area contributed by atoms with Gasteiger partial charge in [0.1, 0.15) is 24.4 Å². The predicted molar refractivity (Wildman–Crippen MR) is 55.1 cm³/mol. The van der Waals surface area contributed by atoms with Crippen molar-refractivity contribution in [3.8, 4) is 0 Å². The molecule has 0 aliphatic carbocycles. The molecule has 16 heavy (non-hydrogen) atoms. The number of methoxy groups -OCH3 is 4. The van der Waals surface area contributed by atoms with Crippen LogP contribution in [-0.4, -0.2) is 70.8 Å². The second-order valence-electron chi connectivity index (χ2n) is 3.33. The maximum absolute atomic E-state index is 9.88. The van der Waals surface area contributed by atoms with Crippen LogP contribution < -0.4 is 0 Å². The molecular formula is C10H20O6. The topological polar surface area (TPSA) is 66.4 Å². The smallest absolute Gasteiger partial charge is 0.184 e. The fraction of sp³-hybridized carbons (Fsp3) is 1.00. The first kappa shape index (κ1) is 8.79. The van der Waals surface area contributed by atoms with E-state index < -0.39 is 37.8 Å². The highest BCUT2D eigenvalue weighted by Crippen LogP contribution is 2.25. The van der Waals surface area contributed by atoms with Gasteiger partial charge in [-0.3, -0.25) is 0 Å². The van der Waals surface area contributed by atoms with E-state index in [4.69, 9.17) is 29.2 Å². The predicted octanol–water partition coefficient (Wildman–Crippen LogP) is -0.605. The number of hydrogen-bond acceptors (Lipinski definition) is 6. The van der Waals surface area contributed by atoms with Crippen LogP contribution in [0.15, 0.2) is 0 Å². The Balaban J connectivity index is 2.83. The van der Waals surface area contributed by atoms with Gasteiger partial charge in [-0.25, -0.2) is 0 Å². The van der Waals surface area contributed by atoms with E-state index in [1.54, 1.807) is 0 Å². The van der Waals surface area contributed by atoms with Crippen LogP contribution in [0.5, 0.6) is 0 Å². The molecule has 0 amide bonds. The first-order chi connectivity index (χ1) is 9.69. The molecule has 1 N–H and O–H groups in total. The Labute approximate surface area is 101 Å². The van der Waals surface area contributed by atoms with Crippen molar-refractivity contribution in [1.29, 1.82) is 0 Å². The highest BCUT2D eigenvalue weighted by molar-refractivity contribution is 4.91. The van der Waals surface area contributed by atoms with Crippen molar-refractivity contribution in [1.82, 2.24) is 0 Å². The summed E-state index contributed by atoms with van der Waals surface area (Å²) < 4.78 is 54.0. The molecule has 1 rings (SSSR count). The monoisotopic (exact) mass is 240 g/mol. The summed E-state index contributed by atoms with van der Waals surface area (Å²) in [5.74, 6) is 0. The van der Waals surface area contributed by atoms with Crippen molar-refractivity contribution in [3.63, 3.8) is 0 Å². The summed E-state index contributed by atoms with van der Waals surface area (Å²) in [6.45, 7) is -0.0172. The summed E-state index contributed by atoms with van der Waals surface area (Å²) in [4.78, 5) is 0. The van der Waals surface area contributed by atoms with Crippen LogP contribution in [0.4, 0.5) is 0 Å². The third-order valence-corrected chi connectivity index (χ3v) is 2.47. The molecule has 1 aliphatic heterocycles. The van der Waals surface area contributed by atoms with Crippen molar-refractivity contribution in [3.05, 3.63) is 0 Å². The van der Waals surface area contributed by atoms with Crippen molar-refractivity contribution >= 4 is 0 Å². The van der Waals surface area contributed by atoms with Gasteiger partial charge in [0.05, 0.1) is 12.1 Å². The first-order valence-corrected chi connectivity index (χ1v) is 4.62. The fourth-order valence-electron chi connectivity index (χ4n) is 1.71. The van der Waals surface area contributed by atoms with Gasteiger partial charge in [0.2, 0.25) is 0 Å². The van der Waals surface area contributed by atoms with Crippen LogP contribution in [0, 0.1) is 0 Å². The Morgan fingerprint density at radius 1 is 1.06 bits per heavy atom. The molecule has 0 spiro atoms. The molecule has 1 unspecified atom stereocenters.